The van der Waals surface area contributed by atoms with Gasteiger partial charge in [0.1, 0.15) is 11.6 Å². The molecule has 1 heterocycles. The van der Waals surface area contributed by atoms with Crippen molar-refractivity contribution in [2.45, 2.75) is 0 Å². The van der Waals surface area contributed by atoms with E-state index >= 15 is 0 Å². The van der Waals surface area contributed by atoms with Crippen LogP contribution in [-0.2, 0) is 0 Å². The third-order valence-corrected chi connectivity index (χ3v) is 2.17. The summed E-state index contributed by atoms with van der Waals surface area (Å²) in [5.74, 6) is 0.310. The first-order valence-electron chi connectivity index (χ1n) is 4.56. The highest BCUT2D eigenvalue weighted by Crippen LogP contribution is 2.30. The van der Waals surface area contributed by atoms with Crippen LogP contribution in [-0.4, -0.2) is 12.1 Å². The Balaban J connectivity index is 2.59. The van der Waals surface area contributed by atoms with Gasteiger partial charge in [0.25, 0.3) is 0 Å². The third-order valence-electron chi connectivity index (χ3n) is 2.17. The lowest BCUT2D eigenvalue weighted by Gasteiger charge is -2.08. The average molecular weight is 203 g/mol. The van der Waals surface area contributed by atoms with Gasteiger partial charge in [0.05, 0.1) is 13.3 Å². The zero-order chi connectivity index (χ0) is 10.7. The molecule has 0 atom stereocenters. The molecule has 0 spiro atoms. The summed E-state index contributed by atoms with van der Waals surface area (Å²) in [6, 6.07) is 8.94. The monoisotopic (exact) mass is 203 g/mol. The fourth-order valence-corrected chi connectivity index (χ4v) is 1.46. The molecule has 1 aromatic heterocycles. The normalized spacial score (nSPS) is 10.0. The molecule has 15 heavy (non-hydrogen) atoms. The molecule has 0 aliphatic heterocycles. The molecule has 76 valence electrons. The number of hydrogen-bond acceptors (Lipinski definition) is 2. The lowest BCUT2D eigenvalue weighted by molar-refractivity contribution is 0.416. The second-order valence-corrected chi connectivity index (χ2v) is 3.06. The summed E-state index contributed by atoms with van der Waals surface area (Å²) >= 11 is 0. The lowest BCUT2D eigenvalue weighted by atomic mass is 10.1. The second-order valence-electron chi connectivity index (χ2n) is 3.06. The minimum Gasteiger partial charge on any atom is -0.496 e. The molecule has 3 heteroatoms. The summed E-state index contributed by atoms with van der Waals surface area (Å²) < 4.78 is 18.6. The van der Waals surface area contributed by atoms with Crippen LogP contribution in [0.25, 0.3) is 11.1 Å². The fraction of sp³-hybridized carbons (Fsp3) is 0.0833. The Hall–Kier alpha value is -1.90. The molecule has 2 nitrogen and oxygen atoms in total. The Morgan fingerprint density at radius 1 is 1.13 bits per heavy atom. The van der Waals surface area contributed by atoms with Crippen LogP contribution in [0.5, 0.6) is 5.75 Å². The summed E-state index contributed by atoms with van der Waals surface area (Å²) in [5.41, 5.74) is 1.24. The number of benzene rings is 1. The van der Waals surface area contributed by atoms with Crippen molar-refractivity contribution >= 4 is 0 Å². The lowest BCUT2D eigenvalue weighted by Crippen LogP contribution is -1.90. The Morgan fingerprint density at radius 2 is 1.93 bits per heavy atom. The van der Waals surface area contributed by atoms with E-state index < -0.39 is 0 Å². The largest absolute Gasteiger partial charge is 0.496 e. The molecule has 2 aromatic rings. The summed E-state index contributed by atoms with van der Waals surface area (Å²) in [6.07, 6.45) is 2.76. The van der Waals surface area contributed by atoms with Crippen molar-refractivity contribution in [3.8, 4) is 16.9 Å². The topological polar surface area (TPSA) is 22.1 Å². The van der Waals surface area contributed by atoms with E-state index in [1.165, 1.54) is 6.20 Å². The molecule has 0 N–H and O–H groups in total. The Bertz CT molecular complexity index is 471. The maximum Gasteiger partial charge on any atom is 0.149 e. The first kappa shape index (κ1) is 9.65. The second kappa shape index (κ2) is 4.09. The predicted molar refractivity (Wildman–Crippen MR) is 56.2 cm³/mol. The van der Waals surface area contributed by atoms with Gasteiger partial charge in [-0.25, -0.2) is 4.39 Å². The van der Waals surface area contributed by atoms with E-state index in [1.54, 1.807) is 25.4 Å². The molecular formula is C12H10FNO. The molecule has 0 radical (unpaired) electrons. The fourth-order valence-electron chi connectivity index (χ4n) is 1.46. The standard InChI is InChI=1S/C12H10FNO/c1-15-12-5-3-2-4-10(12)9-6-7-14-8-11(9)13/h2-8H,1H3. The number of nitrogens with zero attached hydrogens (tertiary/aromatic N) is 1. The summed E-state index contributed by atoms with van der Waals surface area (Å²) in [6.45, 7) is 0. The van der Waals surface area contributed by atoms with Crippen LogP contribution in [0, 0.1) is 5.82 Å². The summed E-state index contributed by atoms with van der Waals surface area (Å²) in [7, 11) is 1.57. The van der Waals surface area contributed by atoms with Gasteiger partial charge in [0, 0.05) is 17.3 Å². The van der Waals surface area contributed by atoms with Crippen LogP contribution >= 0.6 is 0 Å². The van der Waals surface area contributed by atoms with Crippen LogP contribution in [0.4, 0.5) is 4.39 Å². The van der Waals surface area contributed by atoms with Crippen LogP contribution < -0.4 is 4.74 Å². The van der Waals surface area contributed by atoms with Gasteiger partial charge in [-0.3, -0.25) is 4.98 Å². The first-order valence-corrected chi connectivity index (χ1v) is 4.56. The zero-order valence-corrected chi connectivity index (χ0v) is 8.27. The zero-order valence-electron chi connectivity index (χ0n) is 8.27. The van der Waals surface area contributed by atoms with Crippen molar-refractivity contribution in [3.63, 3.8) is 0 Å². The van der Waals surface area contributed by atoms with E-state index in [2.05, 4.69) is 4.98 Å². The molecule has 2 rings (SSSR count). The molecule has 1 aromatic carbocycles. The molecule has 0 fully saturated rings. The van der Waals surface area contributed by atoms with Crippen molar-refractivity contribution in [1.82, 2.24) is 4.98 Å². The first-order chi connectivity index (χ1) is 7.33. The maximum absolute atomic E-state index is 13.5. The molecule has 0 unspecified atom stereocenters. The van der Waals surface area contributed by atoms with Gasteiger partial charge in [0.2, 0.25) is 0 Å². The summed E-state index contributed by atoms with van der Waals surface area (Å²) in [5, 5.41) is 0. The smallest absolute Gasteiger partial charge is 0.149 e. The minimum absolute atomic E-state index is 0.345. The summed E-state index contributed by atoms with van der Waals surface area (Å²) in [4.78, 5) is 3.71. The predicted octanol–water partition coefficient (Wildman–Crippen LogP) is 2.90. The number of hydrogen-bond donors (Lipinski definition) is 0. The van der Waals surface area contributed by atoms with E-state index in [-0.39, 0.29) is 5.82 Å². The minimum atomic E-state index is -0.345. The third kappa shape index (κ3) is 1.81. The highest BCUT2D eigenvalue weighted by molar-refractivity contribution is 5.70. The Morgan fingerprint density at radius 3 is 2.67 bits per heavy atom. The number of halogens is 1. The van der Waals surface area contributed by atoms with E-state index in [4.69, 9.17) is 4.74 Å². The quantitative estimate of drug-likeness (QED) is 0.748. The molecule has 0 aliphatic carbocycles. The maximum atomic E-state index is 13.5. The van der Waals surface area contributed by atoms with Gasteiger partial charge in [-0.05, 0) is 12.1 Å². The van der Waals surface area contributed by atoms with Crippen molar-refractivity contribution in [1.29, 1.82) is 0 Å². The van der Waals surface area contributed by atoms with E-state index in [0.29, 0.717) is 11.3 Å². The van der Waals surface area contributed by atoms with Crippen molar-refractivity contribution in [3.05, 3.63) is 48.5 Å². The van der Waals surface area contributed by atoms with Crippen LogP contribution in [0.2, 0.25) is 0 Å². The van der Waals surface area contributed by atoms with Crippen molar-refractivity contribution in [2.24, 2.45) is 0 Å². The van der Waals surface area contributed by atoms with Gasteiger partial charge in [-0.2, -0.15) is 0 Å². The molecule has 0 amide bonds. The average Bonchev–Trinajstić information content (AvgIpc) is 2.30. The van der Waals surface area contributed by atoms with E-state index in [0.717, 1.165) is 5.56 Å². The molecule has 0 bridgehead atoms. The van der Waals surface area contributed by atoms with Gasteiger partial charge in [-0.15, -0.1) is 0 Å². The molecular weight excluding hydrogens is 193 g/mol. The van der Waals surface area contributed by atoms with Crippen molar-refractivity contribution in [2.75, 3.05) is 7.11 Å². The number of ether oxygens (including phenoxy) is 1. The number of rotatable bonds is 2. The number of methoxy groups -OCH3 is 1. The Kier molecular flexibility index (Phi) is 2.63. The number of aromatic nitrogens is 1. The van der Waals surface area contributed by atoms with Gasteiger partial charge >= 0.3 is 0 Å². The van der Waals surface area contributed by atoms with E-state index in [1.807, 2.05) is 18.2 Å². The highest BCUT2D eigenvalue weighted by atomic mass is 19.1. The Labute approximate surface area is 87.4 Å². The highest BCUT2D eigenvalue weighted by Gasteiger charge is 2.08. The van der Waals surface area contributed by atoms with Gasteiger partial charge in [0.15, 0.2) is 0 Å². The molecule has 0 saturated heterocycles. The van der Waals surface area contributed by atoms with E-state index in [9.17, 15) is 4.39 Å². The molecule has 0 aliphatic rings. The SMILES string of the molecule is COc1ccccc1-c1ccncc1F. The van der Waals surface area contributed by atoms with Gasteiger partial charge < -0.3 is 4.74 Å². The number of pyridine rings is 1. The van der Waals surface area contributed by atoms with Crippen LogP contribution in [0.3, 0.4) is 0 Å². The number of para-hydroxylation sites is 1. The van der Waals surface area contributed by atoms with Crippen LogP contribution in [0.15, 0.2) is 42.7 Å². The van der Waals surface area contributed by atoms with Crippen molar-refractivity contribution < 1.29 is 9.13 Å². The molecule has 0 saturated carbocycles. The van der Waals surface area contributed by atoms with Gasteiger partial charge in [-0.1, -0.05) is 18.2 Å². The van der Waals surface area contributed by atoms with Crippen LogP contribution in [0.1, 0.15) is 0 Å².